The van der Waals surface area contributed by atoms with E-state index in [0.29, 0.717) is 24.6 Å². The largest absolute Gasteiger partial charge is 0.376 e. The Labute approximate surface area is 113 Å². The van der Waals surface area contributed by atoms with Gasteiger partial charge >= 0.3 is 0 Å². The van der Waals surface area contributed by atoms with Gasteiger partial charge in [0.15, 0.2) is 0 Å². The highest BCUT2D eigenvalue weighted by molar-refractivity contribution is 4.88. The van der Waals surface area contributed by atoms with Gasteiger partial charge in [-0.15, -0.1) is 0 Å². The Morgan fingerprint density at radius 1 is 1.50 bits per heavy atom. The smallest absolute Gasteiger partial charge is 0.0672 e. The molecule has 0 aromatic rings. The maximum absolute atomic E-state index is 5.62. The van der Waals surface area contributed by atoms with Crippen LogP contribution in [-0.2, 0) is 4.74 Å². The molecule has 106 valence electrons. The van der Waals surface area contributed by atoms with Crippen molar-refractivity contribution in [3.8, 4) is 0 Å². The predicted octanol–water partition coefficient (Wildman–Crippen LogP) is 2.29. The van der Waals surface area contributed by atoms with Crippen LogP contribution in [0.2, 0.25) is 0 Å². The summed E-state index contributed by atoms with van der Waals surface area (Å²) in [5.74, 6) is 0.696. The standard InChI is InChI=1S/C15H30N2O/c1-6-14-9-16-15(13(4)5)10-17(14)7-8-18-11-12(2)3/h13-16H,2,6-11H2,1,3-5H3. The van der Waals surface area contributed by atoms with Gasteiger partial charge in [-0.3, -0.25) is 4.90 Å². The van der Waals surface area contributed by atoms with Crippen LogP contribution < -0.4 is 5.32 Å². The van der Waals surface area contributed by atoms with Crippen LogP contribution in [0.3, 0.4) is 0 Å². The zero-order valence-corrected chi connectivity index (χ0v) is 12.5. The Bertz CT molecular complexity index is 253. The van der Waals surface area contributed by atoms with Crippen LogP contribution in [0.4, 0.5) is 0 Å². The Morgan fingerprint density at radius 3 is 2.78 bits per heavy atom. The van der Waals surface area contributed by atoms with Crippen molar-refractivity contribution in [3.63, 3.8) is 0 Å². The molecular weight excluding hydrogens is 224 g/mol. The van der Waals surface area contributed by atoms with Gasteiger partial charge < -0.3 is 10.1 Å². The van der Waals surface area contributed by atoms with E-state index in [9.17, 15) is 0 Å². The fraction of sp³-hybridized carbons (Fsp3) is 0.867. The van der Waals surface area contributed by atoms with E-state index in [2.05, 4.69) is 37.6 Å². The van der Waals surface area contributed by atoms with Gasteiger partial charge in [-0.2, -0.15) is 0 Å². The maximum Gasteiger partial charge on any atom is 0.0672 e. The van der Waals surface area contributed by atoms with Crippen molar-refractivity contribution in [1.82, 2.24) is 10.2 Å². The highest BCUT2D eigenvalue weighted by atomic mass is 16.5. The first-order valence-corrected chi connectivity index (χ1v) is 7.24. The third kappa shape index (κ3) is 5.09. The molecule has 1 rings (SSSR count). The minimum atomic E-state index is 0.619. The molecule has 1 aliphatic rings. The molecule has 1 saturated heterocycles. The van der Waals surface area contributed by atoms with E-state index in [4.69, 9.17) is 4.74 Å². The van der Waals surface area contributed by atoms with Gasteiger partial charge in [0, 0.05) is 31.7 Å². The topological polar surface area (TPSA) is 24.5 Å². The fourth-order valence-corrected chi connectivity index (χ4v) is 2.43. The van der Waals surface area contributed by atoms with Crippen molar-refractivity contribution in [3.05, 3.63) is 12.2 Å². The summed E-state index contributed by atoms with van der Waals surface area (Å²) >= 11 is 0. The van der Waals surface area contributed by atoms with E-state index >= 15 is 0 Å². The van der Waals surface area contributed by atoms with Gasteiger partial charge in [0.05, 0.1) is 13.2 Å². The Hall–Kier alpha value is -0.380. The van der Waals surface area contributed by atoms with Crippen LogP contribution in [0.15, 0.2) is 12.2 Å². The Balaban J connectivity index is 2.35. The summed E-state index contributed by atoms with van der Waals surface area (Å²) in [6.45, 7) is 17.5. The molecule has 0 bridgehead atoms. The quantitative estimate of drug-likeness (QED) is 0.557. The van der Waals surface area contributed by atoms with Crippen molar-refractivity contribution >= 4 is 0 Å². The minimum absolute atomic E-state index is 0.619. The third-order valence-corrected chi connectivity index (χ3v) is 3.71. The number of rotatable bonds is 7. The maximum atomic E-state index is 5.62. The second-order valence-corrected chi connectivity index (χ2v) is 5.83. The predicted molar refractivity (Wildman–Crippen MR) is 77.9 cm³/mol. The lowest BCUT2D eigenvalue weighted by atomic mass is 9.98. The van der Waals surface area contributed by atoms with Crippen molar-refractivity contribution in [2.24, 2.45) is 5.92 Å². The van der Waals surface area contributed by atoms with Crippen LogP contribution >= 0.6 is 0 Å². The lowest BCUT2D eigenvalue weighted by Gasteiger charge is -2.41. The molecule has 0 aromatic carbocycles. The van der Waals surface area contributed by atoms with Crippen LogP contribution in [-0.4, -0.2) is 49.8 Å². The molecule has 1 heterocycles. The lowest BCUT2D eigenvalue weighted by Crippen LogP contribution is -2.58. The van der Waals surface area contributed by atoms with E-state index in [1.165, 1.54) is 6.42 Å². The number of ether oxygens (including phenoxy) is 1. The number of hydrogen-bond acceptors (Lipinski definition) is 3. The summed E-state index contributed by atoms with van der Waals surface area (Å²) in [6, 6.07) is 1.28. The molecule has 0 amide bonds. The normalized spacial score (nSPS) is 25.6. The minimum Gasteiger partial charge on any atom is -0.376 e. The average Bonchev–Trinajstić information content (AvgIpc) is 2.34. The molecule has 0 aliphatic carbocycles. The van der Waals surface area contributed by atoms with E-state index in [1.807, 2.05) is 6.92 Å². The highest BCUT2D eigenvalue weighted by Crippen LogP contribution is 2.14. The molecule has 0 spiro atoms. The number of nitrogens with one attached hydrogen (secondary N) is 1. The zero-order valence-electron chi connectivity index (χ0n) is 12.5. The average molecular weight is 254 g/mol. The molecule has 0 aromatic heterocycles. The second kappa shape index (κ2) is 7.93. The van der Waals surface area contributed by atoms with Crippen LogP contribution in [0, 0.1) is 5.92 Å². The molecule has 18 heavy (non-hydrogen) atoms. The molecule has 2 atom stereocenters. The molecular formula is C15H30N2O. The molecule has 1 fully saturated rings. The van der Waals surface area contributed by atoms with Crippen LogP contribution in [0.5, 0.6) is 0 Å². The van der Waals surface area contributed by atoms with E-state index in [0.717, 1.165) is 31.8 Å². The first-order chi connectivity index (χ1) is 8.54. The number of nitrogens with zero attached hydrogens (tertiary/aromatic N) is 1. The first kappa shape index (κ1) is 15.7. The summed E-state index contributed by atoms with van der Waals surface area (Å²) in [4.78, 5) is 2.58. The highest BCUT2D eigenvalue weighted by Gasteiger charge is 2.27. The first-order valence-electron chi connectivity index (χ1n) is 7.24. The third-order valence-electron chi connectivity index (χ3n) is 3.71. The van der Waals surface area contributed by atoms with Crippen molar-refractivity contribution in [2.45, 2.75) is 46.2 Å². The van der Waals surface area contributed by atoms with Crippen LogP contribution in [0.25, 0.3) is 0 Å². The summed E-state index contributed by atoms with van der Waals surface area (Å²) in [5.41, 5.74) is 1.10. The SMILES string of the molecule is C=C(C)COCCN1CC(C(C)C)NCC1CC. The summed E-state index contributed by atoms with van der Waals surface area (Å²) in [6.07, 6.45) is 1.21. The summed E-state index contributed by atoms with van der Waals surface area (Å²) in [7, 11) is 0. The van der Waals surface area contributed by atoms with E-state index < -0.39 is 0 Å². The van der Waals surface area contributed by atoms with Gasteiger partial charge in [-0.25, -0.2) is 0 Å². The van der Waals surface area contributed by atoms with Crippen molar-refractivity contribution in [2.75, 3.05) is 32.8 Å². The monoisotopic (exact) mass is 254 g/mol. The molecule has 3 heteroatoms. The zero-order chi connectivity index (χ0) is 13.5. The van der Waals surface area contributed by atoms with Gasteiger partial charge in [0.25, 0.3) is 0 Å². The van der Waals surface area contributed by atoms with Gasteiger partial charge in [-0.1, -0.05) is 32.9 Å². The van der Waals surface area contributed by atoms with Crippen LogP contribution in [0.1, 0.15) is 34.1 Å². The van der Waals surface area contributed by atoms with Crippen molar-refractivity contribution in [1.29, 1.82) is 0 Å². The summed E-state index contributed by atoms with van der Waals surface area (Å²) < 4.78 is 5.62. The molecule has 1 N–H and O–H groups in total. The molecule has 0 saturated carbocycles. The van der Waals surface area contributed by atoms with E-state index in [1.54, 1.807) is 0 Å². The fourth-order valence-electron chi connectivity index (χ4n) is 2.43. The molecule has 3 nitrogen and oxygen atoms in total. The van der Waals surface area contributed by atoms with Gasteiger partial charge in [-0.05, 0) is 19.3 Å². The van der Waals surface area contributed by atoms with Gasteiger partial charge in [0.2, 0.25) is 0 Å². The molecule has 0 radical (unpaired) electrons. The molecule has 2 unspecified atom stereocenters. The number of hydrogen-bond donors (Lipinski definition) is 1. The summed E-state index contributed by atoms with van der Waals surface area (Å²) in [5, 5.41) is 3.66. The molecule has 1 aliphatic heterocycles. The number of piperazine rings is 1. The van der Waals surface area contributed by atoms with Gasteiger partial charge in [0.1, 0.15) is 0 Å². The van der Waals surface area contributed by atoms with E-state index in [-0.39, 0.29) is 0 Å². The van der Waals surface area contributed by atoms with Crippen molar-refractivity contribution < 1.29 is 4.74 Å². The lowest BCUT2D eigenvalue weighted by molar-refractivity contribution is 0.0645. The Kier molecular flexibility index (Phi) is 6.90. The second-order valence-electron chi connectivity index (χ2n) is 5.83. The Morgan fingerprint density at radius 2 is 2.22 bits per heavy atom.